The fourth-order valence-corrected chi connectivity index (χ4v) is 4.55. The minimum atomic E-state index is -0.462. The van der Waals surface area contributed by atoms with Crippen molar-refractivity contribution in [1.82, 2.24) is 14.8 Å². The van der Waals surface area contributed by atoms with E-state index in [4.69, 9.17) is 27.9 Å². The van der Waals surface area contributed by atoms with E-state index in [0.29, 0.717) is 30.2 Å². The van der Waals surface area contributed by atoms with Crippen LogP contribution in [0.5, 0.6) is 0 Å². The molecule has 4 rings (SSSR count). The molecule has 0 aliphatic carbocycles. The second kappa shape index (κ2) is 13.3. The Morgan fingerprint density at radius 3 is 2.47 bits per heavy atom. The van der Waals surface area contributed by atoms with Crippen molar-refractivity contribution in [3.8, 4) is 0 Å². The molecule has 38 heavy (non-hydrogen) atoms. The quantitative estimate of drug-likeness (QED) is 0.231. The SMILES string of the molecule is COCCN(CC(=O)N(CCc1c[nH]c2ccccc12)Cc1ccccc1)C(=O)Nc1cccc(Cl)c1Cl. The Balaban J connectivity index is 1.51. The number of anilines is 1. The molecule has 0 bridgehead atoms. The lowest BCUT2D eigenvalue weighted by atomic mass is 10.1. The summed E-state index contributed by atoms with van der Waals surface area (Å²) in [4.78, 5) is 33.3. The van der Waals surface area contributed by atoms with E-state index in [1.807, 2.05) is 54.7 Å². The highest BCUT2D eigenvalue weighted by molar-refractivity contribution is 6.43. The number of fused-ring (bicyclic) bond motifs is 1. The van der Waals surface area contributed by atoms with Crippen LogP contribution in [-0.2, 0) is 22.5 Å². The number of carbonyl (C=O) groups excluding carboxylic acids is 2. The van der Waals surface area contributed by atoms with Gasteiger partial charge in [0, 0.05) is 43.8 Å². The number of methoxy groups -OCH3 is 1. The van der Waals surface area contributed by atoms with Crippen LogP contribution in [0.2, 0.25) is 10.0 Å². The molecule has 0 radical (unpaired) electrons. The number of hydrogen-bond acceptors (Lipinski definition) is 3. The Bertz CT molecular complexity index is 1380. The molecule has 4 aromatic rings. The number of nitrogens with zero attached hydrogens (tertiary/aromatic N) is 2. The number of rotatable bonds is 11. The lowest BCUT2D eigenvalue weighted by molar-refractivity contribution is -0.132. The first-order chi connectivity index (χ1) is 18.5. The van der Waals surface area contributed by atoms with Gasteiger partial charge in [0.05, 0.1) is 22.3 Å². The molecule has 1 aromatic heterocycles. The molecule has 198 valence electrons. The molecule has 3 amide bonds. The maximum Gasteiger partial charge on any atom is 0.322 e. The van der Waals surface area contributed by atoms with Crippen LogP contribution in [-0.4, -0.2) is 60.1 Å². The first-order valence-electron chi connectivity index (χ1n) is 12.3. The van der Waals surface area contributed by atoms with E-state index < -0.39 is 6.03 Å². The molecular formula is C29H30Cl2N4O3. The molecule has 1 heterocycles. The number of aromatic nitrogens is 1. The van der Waals surface area contributed by atoms with E-state index in [9.17, 15) is 9.59 Å². The van der Waals surface area contributed by atoms with E-state index >= 15 is 0 Å². The summed E-state index contributed by atoms with van der Waals surface area (Å²) in [5.41, 5.74) is 3.58. The van der Waals surface area contributed by atoms with Gasteiger partial charge in [-0.3, -0.25) is 4.79 Å². The third kappa shape index (κ3) is 7.07. The van der Waals surface area contributed by atoms with Gasteiger partial charge >= 0.3 is 6.03 Å². The smallest absolute Gasteiger partial charge is 0.322 e. The highest BCUT2D eigenvalue weighted by Gasteiger charge is 2.23. The largest absolute Gasteiger partial charge is 0.383 e. The van der Waals surface area contributed by atoms with Crippen LogP contribution in [0.1, 0.15) is 11.1 Å². The number of para-hydroxylation sites is 1. The summed E-state index contributed by atoms with van der Waals surface area (Å²) >= 11 is 12.4. The molecule has 0 aliphatic heterocycles. The van der Waals surface area contributed by atoms with Gasteiger partial charge in [-0.2, -0.15) is 0 Å². The Morgan fingerprint density at radius 2 is 1.68 bits per heavy atom. The first-order valence-corrected chi connectivity index (χ1v) is 13.1. The maximum atomic E-state index is 13.6. The third-order valence-corrected chi connectivity index (χ3v) is 7.09. The number of urea groups is 1. The van der Waals surface area contributed by atoms with Gasteiger partial charge in [0.25, 0.3) is 0 Å². The second-order valence-electron chi connectivity index (χ2n) is 8.86. The minimum absolute atomic E-state index is 0.117. The zero-order valence-electron chi connectivity index (χ0n) is 21.1. The van der Waals surface area contributed by atoms with E-state index in [0.717, 1.165) is 22.0 Å². The lowest BCUT2D eigenvalue weighted by Crippen LogP contribution is -2.46. The Hall–Kier alpha value is -3.52. The number of ether oxygens (including phenoxy) is 1. The van der Waals surface area contributed by atoms with Crippen molar-refractivity contribution in [2.45, 2.75) is 13.0 Å². The van der Waals surface area contributed by atoms with Gasteiger partial charge in [0.2, 0.25) is 5.91 Å². The molecule has 7 nitrogen and oxygen atoms in total. The molecule has 0 saturated carbocycles. The number of H-pyrrole nitrogens is 1. The van der Waals surface area contributed by atoms with Gasteiger partial charge in [-0.15, -0.1) is 0 Å². The van der Waals surface area contributed by atoms with Crippen LogP contribution in [0.25, 0.3) is 10.9 Å². The average molecular weight is 553 g/mol. The van der Waals surface area contributed by atoms with Gasteiger partial charge in [0.15, 0.2) is 0 Å². The van der Waals surface area contributed by atoms with Crippen molar-refractivity contribution in [1.29, 1.82) is 0 Å². The number of carbonyl (C=O) groups is 2. The number of benzene rings is 3. The van der Waals surface area contributed by atoms with Gasteiger partial charge in [-0.1, -0.05) is 77.8 Å². The molecule has 9 heteroatoms. The summed E-state index contributed by atoms with van der Waals surface area (Å²) < 4.78 is 5.19. The van der Waals surface area contributed by atoms with Crippen molar-refractivity contribution in [3.63, 3.8) is 0 Å². The monoisotopic (exact) mass is 552 g/mol. The van der Waals surface area contributed by atoms with E-state index in [1.165, 1.54) is 4.90 Å². The fourth-order valence-electron chi connectivity index (χ4n) is 4.20. The fraction of sp³-hybridized carbons (Fsp3) is 0.241. The van der Waals surface area contributed by atoms with Crippen molar-refractivity contribution in [2.75, 3.05) is 38.7 Å². The lowest BCUT2D eigenvalue weighted by Gasteiger charge is -2.28. The standard InChI is InChI=1S/C29H30Cl2N4O3/c1-38-17-16-35(29(37)33-26-13-7-11-24(30)28(26)31)20-27(36)34(19-21-8-3-2-4-9-21)15-14-22-18-32-25-12-6-5-10-23(22)25/h2-13,18,32H,14-17,19-20H2,1H3,(H,33,37). The van der Waals surface area contributed by atoms with Gasteiger partial charge in [0.1, 0.15) is 6.54 Å². The highest BCUT2D eigenvalue weighted by Crippen LogP contribution is 2.29. The Labute approximate surface area is 232 Å². The van der Waals surface area contributed by atoms with Crippen LogP contribution in [0.3, 0.4) is 0 Å². The van der Waals surface area contributed by atoms with Crippen LogP contribution < -0.4 is 5.32 Å². The minimum Gasteiger partial charge on any atom is -0.383 e. The predicted octanol–water partition coefficient (Wildman–Crippen LogP) is 6.23. The molecule has 0 unspecified atom stereocenters. The summed E-state index contributed by atoms with van der Waals surface area (Å²) in [5, 5.41) is 4.48. The summed E-state index contributed by atoms with van der Waals surface area (Å²) in [5.74, 6) is -0.169. The zero-order valence-corrected chi connectivity index (χ0v) is 22.6. The molecule has 0 fully saturated rings. The number of nitrogens with one attached hydrogen (secondary N) is 2. The predicted molar refractivity (Wildman–Crippen MR) is 153 cm³/mol. The van der Waals surface area contributed by atoms with Crippen LogP contribution in [0.15, 0.2) is 79.0 Å². The Morgan fingerprint density at radius 1 is 0.921 bits per heavy atom. The zero-order chi connectivity index (χ0) is 26.9. The highest BCUT2D eigenvalue weighted by atomic mass is 35.5. The van der Waals surface area contributed by atoms with Gasteiger partial charge in [-0.05, 0) is 35.7 Å². The van der Waals surface area contributed by atoms with Crippen LogP contribution in [0, 0.1) is 0 Å². The molecule has 3 aromatic carbocycles. The average Bonchev–Trinajstić information content (AvgIpc) is 3.35. The van der Waals surface area contributed by atoms with Crippen molar-refractivity contribution in [2.24, 2.45) is 0 Å². The van der Waals surface area contributed by atoms with Gasteiger partial charge < -0.3 is 24.8 Å². The van der Waals surface area contributed by atoms with Crippen LogP contribution in [0.4, 0.5) is 10.5 Å². The molecule has 2 N–H and O–H groups in total. The topological polar surface area (TPSA) is 77.7 Å². The number of halogens is 2. The number of aromatic amines is 1. The van der Waals surface area contributed by atoms with E-state index in [2.05, 4.69) is 16.4 Å². The first kappa shape index (κ1) is 27.5. The Kier molecular flexibility index (Phi) is 9.65. The van der Waals surface area contributed by atoms with Crippen molar-refractivity contribution < 1.29 is 14.3 Å². The van der Waals surface area contributed by atoms with Crippen LogP contribution >= 0.6 is 23.2 Å². The number of amides is 3. The summed E-state index contributed by atoms with van der Waals surface area (Å²) in [7, 11) is 1.55. The molecule has 0 aliphatic rings. The summed E-state index contributed by atoms with van der Waals surface area (Å²) in [6, 6.07) is 22.4. The third-order valence-electron chi connectivity index (χ3n) is 6.27. The number of hydrogen-bond donors (Lipinski definition) is 2. The molecule has 0 spiro atoms. The normalized spacial score (nSPS) is 10.9. The molecule has 0 atom stereocenters. The van der Waals surface area contributed by atoms with Crippen molar-refractivity contribution in [3.05, 3.63) is 100 Å². The molecular weight excluding hydrogens is 523 g/mol. The second-order valence-corrected chi connectivity index (χ2v) is 9.64. The van der Waals surface area contributed by atoms with E-state index in [-0.39, 0.29) is 30.6 Å². The van der Waals surface area contributed by atoms with Gasteiger partial charge in [-0.25, -0.2) is 4.79 Å². The maximum absolute atomic E-state index is 13.6. The molecule has 0 saturated heterocycles. The van der Waals surface area contributed by atoms with E-state index in [1.54, 1.807) is 30.2 Å². The summed E-state index contributed by atoms with van der Waals surface area (Å²) in [6.07, 6.45) is 2.66. The summed E-state index contributed by atoms with van der Waals surface area (Å²) in [6.45, 7) is 1.32. The van der Waals surface area contributed by atoms with Crippen molar-refractivity contribution >= 4 is 51.7 Å².